The van der Waals surface area contributed by atoms with Gasteiger partial charge in [0.05, 0.1) is 18.2 Å². The van der Waals surface area contributed by atoms with Gasteiger partial charge in [0.2, 0.25) is 0 Å². The molecule has 0 fully saturated rings. The van der Waals surface area contributed by atoms with E-state index >= 15 is 0 Å². The van der Waals surface area contributed by atoms with Crippen molar-refractivity contribution in [2.24, 2.45) is 0 Å². The molecule has 24 heavy (non-hydrogen) atoms. The van der Waals surface area contributed by atoms with Crippen molar-refractivity contribution in [1.82, 2.24) is 4.98 Å². The number of benzene rings is 1. The average molecular weight is 353 g/mol. The van der Waals surface area contributed by atoms with Crippen LogP contribution in [0.5, 0.6) is 5.75 Å². The van der Waals surface area contributed by atoms with E-state index in [2.05, 4.69) is 16.9 Å². The molecule has 0 aliphatic rings. The molecule has 0 amide bonds. The number of pyridine rings is 1. The zero-order valence-corrected chi connectivity index (χ0v) is 14.1. The molecule has 1 atom stereocenters. The molecular weight excluding hydrogens is 334 g/mol. The fraction of sp³-hybridized carbons (Fsp3) is 0.278. The largest absolute Gasteiger partial charge is 0.497 e. The summed E-state index contributed by atoms with van der Waals surface area (Å²) in [5, 5.41) is 3.33. The van der Waals surface area contributed by atoms with Crippen molar-refractivity contribution in [2.75, 3.05) is 12.4 Å². The van der Waals surface area contributed by atoms with E-state index in [1.807, 2.05) is 24.3 Å². The van der Waals surface area contributed by atoms with Crippen LogP contribution >= 0.6 is 11.6 Å². The van der Waals surface area contributed by atoms with Gasteiger partial charge in [0.15, 0.2) is 0 Å². The van der Waals surface area contributed by atoms with Crippen molar-refractivity contribution in [3.63, 3.8) is 0 Å². The lowest BCUT2D eigenvalue weighted by atomic mass is 10.0. The molecule has 0 saturated heterocycles. The summed E-state index contributed by atoms with van der Waals surface area (Å²) in [5.41, 5.74) is 1.05. The molecule has 2 aromatic rings. The van der Waals surface area contributed by atoms with Gasteiger partial charge in [-0.3, -0.25) is 4.98 Å². The molecule has 1 aromatic heterocycles. The first-order valence-corrected chi connectivity index (χ1v) is 7.88. The Bertz CT molecular complexity index is 677. The Morgan fingerprint density at radius 2 is 2.00 bits per heavy atom. The minimum absolute atomic E-state index is 0.00238. The molecule has 0 radical (unpaired) electrons. The van der Waals surface area contributed by atoms with E-state index in [4.69, 9.17) is 16.3 Å². The second-order valence-electron chi connectivity index (χ2n) is 5.19. The summed E-state index contributed by atoms with van der Waals surface area (Å²) in [7, 11) is 1.60. The van der Waals surface area contributed by atoms with Gasteiger partial charge in [-0.05, 0) is 48.7 Å². The number of ether oxygens (including phenoxy) is 1. The highest BCUT2D eigenvalue weighted by Gasteiger charge is 2.21. The van der Waals surface area contributed by atoms with E-state index in [1.165, 1.54) is 6.20 Å². The highest BCUT2D eigenvalue weighted by molar-refractivity contribution is 6.32. The first-order chi connectivity index (χ1) is 11.6. The lowest BCUT2D eigenvalue weighted by Gasteiger charge is -2.22. The molecule has 1 aromatic carbocycles. The molecular formula is C18H19ClF2N2O. The SMILES string of the molecule is C=CCCC(Nc1ccc(OC)cc1)c1ccnc(C(F)F)c1Cl. The monoisotopic (exact) mass is 352 g/mol. The third-order valence-electron chi connectivity index (χ3n) is 3.62. The van der Waals surface area contributed by atoms with Gasteiger partial charge in [-0.1, -0.05) is 17.7 Å². The normalized spacial score (nSPS) is 12.0. The van der Waals surface area contributed by atoms with Crippen LogP contribution in [0.2, 0.25) is 5.02 Å². The van der Waals surface area contributed by atoms with Crippen molar-refractivity contribution in [1.29, 1.82) is 0 Å². The Labute approximate surface area is 145 Å². The van der Waals surface area contributed by atoms with Crippen LogP contribution in [0.15, 0.2) is 49.2 Å². The van der Waals surface area contributed by atoms with Crippen LogP contribution in [0, 0.1) is 0 Å². The summed E-state index contributed by atoms with van der Waals surface area (Å²) in [6.07, 6.45) is 1.82. The molecule has 0 spiro atoms. The Kier molecular flexibility index (Phi) is 6.55. The first-order valence-electron chi connectivity index (χ1n) is 7.50. The first kappa shape index (κ1) is 18.2. The molecule has 0 aliphatic carbocycles. The third kappa shape index (κ3) is 4.45. The quantitative estimate of drug-likeness (QED) is 0.609. The van der Waals surface area contributed by atoms with Gasteiger partial charge in [0.25, 0.3) is 6.43 Å². The summed E-state index contributed by atoms with van der Waals surface area (Å²) in [6, 6.07) is 8.81. The lowest BCUT2D eigenvalue weighted by Crippen LogP contribution is -2.12. The highest BCUT2D eigenvalue weighted by Crippen LogP contribution is 2.34. The van der Waals surface area contributed by atoms with E-state index < -0.39 is 12.1 Å². The van der Waals surface area contributed by atoms with Crippen LogP contribution in [-0.4, -0.2) is 12.1 Å². The van der Waals surface area contributed by atoms with Crippen LogP contribution in [0.4, 0.5) is 14.5 Å². The van der Waals surface area contributed by atoms with Gasteiger partial charge in [-0.25, -0.2) is 8.78 Å². The van der Waals surface area contributed by atoms with Crippen molar-refractivity contribution in [3.05, 3.63) is 65.5 Å². The predicted octanol–water partition coefficient (Wildman–Crippen LogP) is 5.80. The molecule has 0 bridgehead atoms. The van der Waals surface area contributed by atoms with Gasteiger partial charge in [0.1, 0.15) is 11.4 Å². The third-order valence-corrected chi connectivity index (χ3v) is 4.03. The van der Waals surface area contributed by atoms with Crippen molar-refractivity contribution >= 4 is 17.3 Å². The molecule has 1 unspecified atom stereocenters. The van der Waals surface area contributed by atoms with E-state index in [-0.39, 0.29) is 11.1 Å². The highest BCUT2D eigenvalue weighted by atomic mass is 35.5. The number of halogens is 3. The van der Waals surface area contributed by atoms with E-state index in [9.17, 15) is 8.78 Å². The van der Waals surface area contributed by atoms with Gasteiger partial charge in [-0.2, -0.15) is 0 Å². The zero-order valence-electron chi connectivity index (χ0n) is 13.3. The Balaban J connectivity index is 2.30. The number of alkyl halides is 2. The number of hydrogen-bond donors (Lipinski definition) is 1. The standard InChI is InChI=1S/C18H19ClF2N2O/c1-3-4-5-15(23-12-6-8-13(24-2)9-7-12)14-10-11-22-17(16(14)19)18(20)21/h3,6-11,15,18,23H,1,4-5H2,2H3. The van der Waals surface area contributed by atoms with Crippen molar-refractivity contribution in [2.45, 2.75) is 25.3 Å². The maximum Gasteiger partial charge on any atom is 0.281 e. The van der Waals surface area contributed by atoms with Gasteiger partial charge in [0, 0.05) is 11.9 Å². The zero-order chi connectivity index (χ0) is 17.5. The minimum atomic E-state index is -2.71. The smallest absolute Gasteiger partial charge is 0.281 e. The molecule has 6 heteroatoms. The Morgan fingerprint density at radius 3 is 2.58 bits per heavy atom. The Hall–Kier alpha value is -2.14. The lowest BCUT2D eigenvalue weighted by molar-refractivity contribution is 0.146. The van der Waals surface area contributed by atoms with Crippen LogP contribution in [0.3, 0.4) is 0 Å². The summed E-state index contributed by atoms with van der Waals surface area (Å²) >= 11 is 6.16. The van der Waals surface area contributed by atoms with Crippen LogP contribution in [0.1, 0.15) is 36.6 Å². The minimum Gasteiger partial charge on any atom is -0.497 e. The number of nitrogens with one attached hydrogen (secondary N) is 1. The summed E-state index contributed by atoms with van der Waals surface area (Å²) in [5.74, 6) is 0.741. The predicted molar refractivity (Wildman–Crippen MR) is 93.0 cm³/mol. The molecule has 0 aliphatic heterocycles. The molecule has 1 heterocycles. The van der Waals surface area contributed by atoms with Crippen LogP contribution in [0.25, 0.3) is 0 Å². The number of aromatic nitrogens is 1. The van der Waals surface area contributed by atoms with Crippen molar-refractivity contribution < 1.29 is 13.5 Å². The number of hydrogen-bond acceptors (Lipinski definition) is 3. The Morgan fingerprint density at radius 1 is 1.29 bits per heavy atom. The number of allylic oxidation sites excluding steroid dienone is 1. The maximum atomic E-state index is 13.0. The van der Waals surface area contributed by atoms with Gasteiger partial charge in [-0.15, -0.1) is 6.58 Å². The summed E-state index contributed by atoms with van der Waals surface area (Å²) < 4.78 is 31.2. The fourth-order valence-electron chi connectivity index (χ4n) is 2.38. The van der Waals surface area contributed by atoms with E-state index in [1.54, 1.807) is 19.3 Å². The maximum absolute atomic E-state index is 13.0. The fourth-order valence-corrected chi connectivity index (χ4v) is 2.70. The number of methoxy groups -OCH3 is 1. The molecule has 128 valence electrons. The van der Waals surface area contributed by atoms with Crippen LogP contribution < -0.4 is 10.1 Å². The molecule has 2 rings (SSSR count). The summed E-state index contributed by atoms with van der Waals surface area (Å²) in [6.45, 7) is 3.71. The second kappa shape index (κ2) is 8.64. The number of rotatable bonds is 8. The molecule has 0 saturated carbocycles. The van der Waals surface area contributed by atoms with Gasteiger partial charge >= 0.3 is 0 Å². The molecule has 1 N–H and O–H groups in total. The topological polar surface area (TPSA) is 34.1 Å². The second-order valence-corrected chi connectivity index (χ2v) is 5.57. The molecule has 3 nitrogen and oxygen atoms in total. The van der Waals surface area contributed by atoms with Gasteiger partial charge < -0.3 is 10.1 Å². The number of anilines is 1. The van der Waals surface area contributed by atoms with Crippen molar-refractivity contribution in [3.8, 4) is 5.75 Å². The average Bonchev–Trinajstić information content (AvgIpc) is 2.59. The number of nitrogens with zero attached hydrogens (tertiary/aromatic N) is 1. The van der Waals surface area contributed by atoms with E-state index in [0.717, 1.165) is 17.9 Å². The summed E-state index contributed by atoms with van der Waals surface area (Å²) in [4.78, 5) is 3.68. The van der Waals surface area contributed by atoms with E-state index in [0.29, 0.717) is 12.0 Å². The van der Waals surface area contributed by atoms with Crippen LogP contribution in [-0.2, 0) is 0 Å².